The number of halogens is 2. The molecule has 2 aromatic rings. The Balaban J connectivity index is 1.71. The number of nitrogens with one attached hydrogen (secondary N) is 1. The normalized spacial score (nSPS) is 21.8. The molecule has 0 radical (unpaired) electrons. The van der Waals surface area contributed by atoms with Gasteiger partial charge >= 0.3 is 5.97 Å². The molecule has 0 bridgehead atoms. The maximum absolute atomic E-state index is 13.9. The van der Waals surface area contributed by atoms with Crippen LogP contribution in [-0.2, 0) is 4.79 Å². The van der Waals surface area contributed by atoms with E-state index in [1.54, 1.807) is 6.92 Å². The minimum Gasteiger partial charge on any atom is -0.481 e. The van der Waals surface area contributed by atoms with E-state index < -0.39 is 41.6 Å². The van der Waals surface area contributed by atoms with Crippen LogP contribution in [0.3, 0.4) is 0 Å². The third-order valence-electron chi connectivity index (χ3n) is 5.49. The molecule has 2 heterocycles. The molecule has 0 saturated carbocycles. The summed E-state index contributed by atoms with van der Waals surface area (Å²) < 4.78 is 32.0. The van der Waals surface area contributed by atoms with Crippen LogP contribution in [0.15, 0.2) is 28.8 Å². The Morgan fingerprint density at radius 1 is 1.30 bits per heavy atom. The second kappa shape index (κ2) is 8.88. The molecule has 8 nitrogen and oxygen atoms in total. The van der Waals surface area contributed by atoms with E-state index in [1.165, 1.54) is 12.1 Å². The van der Waals surface area contributed by atoms with E-state index in [0.29, 0.717) is 19.0 Å². The number of carbonyl (C=O) groups is 2. The summed E-state index contributed by atoms with van der Waals surface area (Å²) in [5.74, 6) is -4.23. The van der Waals surface area contributed by atoms with Gasteiger partial charge in [-0.1, -0.05) is 5.16 Å². The first kappa shape index (κ1) is 21.8. The predicted molar refractivity (Wildman–Crippen MR) is 102 cm³/mol. The smallest absolute Gasteiger partial charge is 0.309 e. The summed E-state index contributed by atoms with van der Waals surface area (Å²) in [6, 6.07) is 3.28. The van der Waals surface area contributed by atoms with Gasteiger partial charge in [0.05, 0.1) is 17.6 Å². The molecule has 4 atom stereocenters. The van der Waals surface area contributed by atoms with Crippen LogP contribution < -0.4 is 5.32 Å². The number of carboxylic acids is 1. The number of aliphatic hydroxyl groups excluding tert-OH is 1. The number of piperidine rings is 1. The molecular weight excluding hydrogens is 400 g/mol. The fourth-order valence-electron chi connectivity index (χ4n) is 3.52. The molecule has 162 valence electrons. The fourth-order valence-corrected chi connectivity index (χ4v) is 3.52. The first-order chi connectivity index (χ1) is 14.2. The number of hydrogen-bond donors (Lipinski definition) is 3. The molecule has 1 aliphatic rings. The number of rotatable bonds is 6. The summed E-state index contributed by atoms with van der Waals surface area (Å²) in [6.45, 7) is 4.14. The number of nitrogens with zero attached hydrogens (tertiary/aromatic N) is 2. The molecule has 1 aliphatic heterocycles. The molecular formula is C20H23F2N3O5. The van der Waals surface area contributed by atoms with Gasteiger partial charge in [0.2, 0.25) is 0 Å². The van der Waals surface area contributed by atoms with Gasteiger partial charge in [-0.25, -0.2) is 8.78 Å². The average Bonchev–Trinajstić information content (AvgIpc) is 3.17. The maximum Gasteiger partial charge on any atom is 0.309 e. The third-order valence-corrected chi connectivity index (χ3v) is 5.49. The standard InChI is InChI=1S/C20H23F2N3O5/c1-10(11(2)26)25-6-5-16(14(9-25)20(28)29)23-19(27)17-8-18(30-24-17)13-4-3-12(21)7-15(13)22/h3-4,7-8,10-11,14,16,26H,5-6,9H2,1-2H3,(H,23,27)(H,28,29)/t10-,11-,14+,16+/m1/s1. The van der Waals surface area contributed by atoms with E-state index >= 15 is 0 Å². The molecule has 1 saturated heterocycles. The van der Waals surface area contributed by atoms with Crippen LogP contribution in [0.2, 0.25) is 0 Å². The van der Waals surface area contributed by atoms with Crippen LogP contribution in [0.4, 0.5) is 8.78 Å². The molecule has 1 aromatic heterocycles. The van der Waals surface area contributed by atoms with E-state index in [4.69, 9.17) is 4.52 Å². The summed E-state index contributed by atoms with van der Waals surface area (Å²) in [4.78, 5) is 26.2. The van der Waals surface area contributed by atoms with Gasteiger partial charge in [0, 0.05) is 37.3 Å². The number of aromatic nitrogens is 1. The average molecular weight is 423 g/mol. The molecule has 1 fully saturated rings. The second-order valence-electron chi connectivity index (χ2n) is 7.49. The van der Waals surface area contributed by atoms with Crippen molar-refractivity contribution >= 4 is 11.9 Å². The van der Waals surface area contributed by atoms with Gasteiger partial charge in [-0.15, -0.1) is 0 Å². The predicted octanol–water partition coefficient (Wildman–Crippen LogP) is 1.89. The number of amides is 1. The lowest BCUT2D eigenvalue weighted by molar-refractivity contribution is -0.145. The molecule has 0 aliphatic carbocycles. The number of carboxylic acid groups (broad SMARTS) is 1. The number of benzene rings is 1. The molecule has 1 aromatic carbocycles. The summed E-state index contributed by atoms with van der Waals surface area (Å²) >= 11 is 0. The number of carbonyl (C=O) groups excluding carboxylic acids is 1. The lowest BCUT2D eigenvalue weighted by Gasteiger charge is -2.40. The van der Waals surface area contributed by atoms with Crippen molar-refractivity contribution < 1.29 is 33.1 Å². The monoisotopic (exact) mass is 423 g/mol. The Morgan fingerprint density at radius 2 is 2.03 bits per heavy atom. The third kappa shape index (κ3) is 4.65. The van der Waals surface area contributed by atoms with Crippen molar-refractivity contribution in [1.29, 1.82) is 0 Å². The maximum atomic E-state index is 13.9. The van der Waals surface area contributed by atoms with Crippen molar-refractivity contribution in [2.24, 2.45) is 5.92 Å². The van der Waals surface area contributed by atoms with Gasteiger partial charge in [0.25, 0.3) is 5.91 Å². The quantitative estimate of drug-likeness (QED) is 0.650. The highest BCUT2D eigenvalue weighted by atomic mass is 19.1. The Morgan fingerprint density at radius 3 is 2.67 bits per heavy atom. The lowest BCUT2D eigenvalue weighted by Crippen LogP contribution is -2.56. The molecule has 10 heteroatoms. The van der Waals surface area contributed by atoms with Crippen LogP contribution in [0, 0.1) is 17.6 Å². The fraction of sp³-hybridized carbons (Fsp3) is 0.450. The molecule has 0 unspecified atom stereocenters. The van der Waals surface area contributed by atoms with Crippen LogP contribution in [-0.4, -0.2) is 63.4 Å². The first-order valence-corrected chi connectivity index (χ1v) is 9.55. The highest BCUT2D eigenvalue weighted by Gasteiger charge is 2.37. The van der Waals surface area contributed by atoms with E-state index in [0.717, 1.165) is 6.07 Å². The van der Waals surface area contributed by atoms with E-state index in [1.807, 2.05) is 11.8 Å². The topological polar surface area (TPSA) is 116 Å². The molecule has 3 rings (SSSR count). The van der Waals surface area contributed by atoms with Gasteiger partial charge < -0.3 is 20.1 Å². The van der Waals surface area contributed by atoms with Gasteiger partial charge in [0.15, 0.2) is 11.5 Å². The second-order valence-corrected chi connectivity index (χ2v) is 7.49. The molecule has 3 N–H and O–H groups in total. The Kier molecular flexibility index (Phi) is 6.47. The van der Waals surface area contributed by atoms with Crippen LogP contribution >= 0.6 is 0 Å². The van der Waals surface area contributed by atoms with Crippen molar-refractivity contribution in [2.75, 3.05) is 13.1 Å². The minimum absolute atomic E-state index is 0.0481. The lowest BCUT2D eigenvalue weighted by atomic mass is 9.90. The summed E-state index contributed by atoms with van der Waals surface area (Å²) in [5.41, 5.74) is -0.190. The zero-order valence-corrected chi connectivity index (χ0v) is 16.5. The van der Waals surface area contributed by atoms with Crippen LogP contribution in [0.25, 0.3) is 11.3 Å². The first-order valence-electron chi connectivity index (χ1n) is 9.55. The zero-order valence-electron chi connectivity index (χ0n) is 16.5. The summed E-state index contributed by atoms with van der Waals surface area (Å²) in [6.07, 6.45) is -0.247. The van der Waals surface area contributed by atoms with E-state index in [9.17, 15) is 28.6 Å². The highest BCUT2D eigenvalue weighted by Crippen LogP contribution is 2.25. The van der Waals surface area contributed by atoms with Crippen molar-refractivity contribution in [2.45, 2.75) is 38.5 Å². The number of likely N-dealkylation sites (tertiary alicyclic amines) is 1. The SMILES string of the molecule is C[C@H]([C@@H](C)O)N1CC[C@H](NC(=O)c2cc(-c3ccc(F)cc3F)on2)[C@@H](C(=O)O)C1. The van der Waals surface area contributed by atoms with Crippen molar-refractivity contribution in [3.8, 4) is 11.3 Å². The molecule has 1 amide bonds. The van der Waals surface area contributed by atoms with Gasteiger partial charge in [-0.05, 0) is 32.4 Å². The van der Waals surface area contributed by atoms with Crippen LogP contribution in [0.5, 0.6) is 0 Å². The zero-order chi connectivity index (χ0) is 22.0. The van der Waals surface area contributed by atoms with E-state index in [2.05, 4.69) is 10.5 Å². The Hall–Kier alpha value is -2.85. The largest absolute Gasteiger partial charge is 0.481 e. The number of aliphatic carboxylic acids is 1. The Bertz CT molecular complexity index is 933. The van der Waals surface area contributed by atoms with Crippen molar-refractivity contribution in [1.82, 2.24) is 15.4 Å². The van der Waals surface area contributed by atoms with Crippen molar-refractivity contribution in [3.05, 3.63) is 41.6 Å². The molecule has 30 heavy (non-hydrogen) atoms. The number of aliphatic hydroxyl groups is 1. The van der Waals surface area contributed by atoms with E-state index in [-0.39, 0.29) is 29.6 Å². The van der Waals surface area contributed by atoms with Gasteiger partial charge in [-0.3, -0.25) is 14.5 Å². The van der Waals surface area contributed by atoms with Crippen LogP contribution in [0.1, 0.15) is 30.8 Å². The van der Waals surface area contributed by atoms with Crippen molar-refractivity contribution in [3.63, 3.8) is 0 Å². The highest BCUT2D eigenvalue weighted by molar-refractivity contribution is 5.93. The summed E-state index contributed by atoms with van der Waals surface area (Å²) in [5, 5.41) is 25.6. The van der Waals surface area contributed by atoms with Gasteiger partial charge in [0.1, 0.15) is 11.6 Å². The summed E-state index contributed by atoms with van der Waals surface area (Å²) in [7, 11) is 0. The minimum atomic E-state index is -1.06. The number of hydrogen-bond acceptors (Lipinski definition) is 6. The van der Waals surface area contributed by atoms with Gasteiger partial charge in [-0.2, -0.15) is 0 Å². The Labute approximate surface area is 171 Å². The molecule has 0 spiro atoms.